The molecule has 0 bridgehead atoms. The Morgan fingerprint density at radius 1 is 1.42 bits per heavy atom. The van der Waals surface area contributed by atoms with Crippen LogP contribution in [0.5, 0.6) is 0 Å². The van der Waals surface area contributed by atoms with Crippen LogP contribution in [0.25, 0.3) is 0 Å². The minimum atomic E-state index is -3.22. The van der Waals surface area contributed by atoms with E-state index in [1.165, 1.54) is 4.90 Å². The lowest BCUT2D eigenvalue weighted by molar-refractivity contribution is -0.129. The summed E-state index contributed by atoms with van der Waals surface area (Å²) in [5.41, 5.74) is 0. The Labute approximate surface area is 114 Å². The van der Waals surface area contributed by atoms with Gasteiger partial charge in [-0.1, -0.05) is 0 Å². The highest BCUT2D eigenvalue weighted by Crippen LogP contribution is 2.17. The first-order valence-electron chi connectivity index (χ1n) is 6.37. The highest BCUT2D eigenvalue weighted by Gasteiger charge is 2.28. The Balaban J connectivity index is 2.42. The van der Waals surface area contributed by atoms with Crippen molar-refractivity contribution in [2.75, 3.05) is 32.6 Å². The maximum Gasteiger partial charge on any atom is 0.223 e. The monoisotopic (exact) mass is 288 g/mol. The maximum atomic E-state index is 12.0. The fraction of sp³-hybridized carbons (Fsp3) is 0.833. The molecule has 1 aliphatic heterocycles. The van der Waals surface area contributed by atoms with E-state index >= 15 is 0 Å². The molecule has 1 fully saturated rings. The third-order valence-electron chi connectivity index (χ3n) is 3.26. The maximum absolute atomic E-state index is 12.0. The number of hydrogen-bond donors (Lipinski definition) is 0. The zero-order valence-electron chi connectivity index (χ0n) is 11.2. The first-order valence-corrected chi connectivity index (χ1v) is 8.09. The SMILES string of the molecule is CN(CCC#N)C(=O)CCS(=O)(=O)C1CCOCC1. The minimum Gasteiger partial charge on any atom is -0.381 e. The van der Waals surface area contributed by atoms with Crippen LogP contribution in [-0.4, -0.2) is 57.0 Å². The van der Waals surface area contributed by atoms with Gasteiger partial charge in [-0.2, -0.15) is 5.26 Å². The van der Waals surface area contributed by atoms with Gasteiger partial charge in [0.2, 0.25) is 5.91 Å². The third-order valence-corrected chi connectivity index (χ3v) is 5.52. The molecule has 0 aromatic heterocycles. The molecule has 6 nitrogen and oxygen atoms in total. The van der Waals surface area contributed by atoms with Gasteiger partial charge in [0.05, 0.1) is 23.5 Å². The second-order valence-corrected chi connectivity index (χ2v) is 7.05. The first-order chi connectivity index (χ1) is 8.97. The molecule has 1 saturated heterocycles. The van der Waals surface area contributed by atoms with E-state index in [4.69, 9.17) is 10.00 Å². The Kier molecular flexibility index (Phi) is 6.25. The third kappa shape index (κ3) is 5.17. The smallest absolute Gasteiger partial charge is 0.223 e. The molecule has 0 unspecified atom stereocenters. The van der Waals surface area contributed by atoms with Gasteiger partial charge in [0.1, 0.15) is 0 Å². The van der Waals surface area contributed by atoms with Crippen molar-refractivity contribution < 1.29 is 17.9 Å². The number of hydrogen-bond acceptors (Lipinski definition) is 5. The fourth-order valence-corrected chi connectivity index (χ4v) is 3.67. The van der Waals surface area contributed by atoms with E-state index in [0.29, 0.717) is 32.6 Å². The minimum absolute atomic E-state index is 0.0123. The highest BCUT2D eigenvalue weighted by molar-refractivity contribution is 7.92. The number of nitriles is 1. The summed E-state index contributed by atoms with van der Waals surface area (Å²) in [6.45, 7) is 1.28. The number of ether oxygens (including phenoxy) is 1. The Hall–Kier alpha value is -1.13. The number of sulfone groups is 1. The molecule has 1 rings (SSSR count). The van der Waals surface area contributed by atoms with Crippen molar-refractivity contribution in [2.45, 2.75) is 30.9 Å². The lowest BCUT2D eigenvalue weighted by Gasteiger charge is -2.22. The number of amides is 1. The zero-order chi connectivity index (χ0) is 14.3. The summed E-state index contributed by atoms with van der Waals surface area (Å²) in [7, 11) is -1.64. The topological polar surface area (TPSA) is 87.5 Å². The van der Waals surface area contributed by atoms with Gasteiger partial charge in [0.15, 0.2) is 9.84 Å². The number of nitrogens with zero attached hydrogens (tertiary/aromatic N) is 2. The molecular formula is C12H20N2O4S. The van der Waals surface area contributed by atoms with Gasteiger partial charge in [-0.25, -0.2) is 8.42 Å². The summed E-state index contributed by atoms with van der Waals surface area (Å²) in [4.78, 5) is 13.1. The average molecular weight is 288 g/mol. The lowest BCUT2D eigenvalue weighted by atomic mass is 10.2. The molecule has 0 saturated carbocycles. The van der Waals surface area contributed by atoms with Crippen LogP contribution in [0.1, 0.15) is 25.7 Å². The molecule has 7 heteroatoms. The molecule has 0 aliphatic carbocycles. The molecule has 1 heterocycles. The van der Waals surface area contributed by atoms with Crippen molar-refractivity contribution in [1.82, 2.24) is 4.90 Å². The van der Waals surface area contributed by atoms with Crippen LogP contribution in [0.2, 0.25) is 0 Å². The molecule has 0 aromatic rings. The summed E-state index contributed by atoms with van der Waals surface area (Å²) in [6.07, 6.45) is 1.28. The van der Waals surface area contributed by atoms with Crippen LogP contribution in [0, 0.1) is 11.3 Å². The van der Waals surface area contributed by atoms with E-state index in [1.54, 1.807) is 7.05 Å². The second kappa shape index (κ2) is 7.46. The van der Waals surface area contributed by atoms with Gasteiger partial charge in [-0.05, 0) is 12.8 Å². The Morgan fingerprint density at radius 3 is 2.63 bits per heavy atom. The molecule has 0 atom stereocenters. The van der Waals surface area contributed by atoms with E-state index in [2.05, 4.69) is 0 Å². The van der Waals surface area contributed by atoms with Crippen molar-refractivity contribution in [3.05, 3.63) is 0 Å². The van der Waals surface area contributed by atoms with E-state index in [-0.39, 0.29) is 29.8 Å². The first kappa shape index (κ1) is 15.9. The van der Waals surface area contributed by atoms with Crippen LogP contribution < -0.4 is 0 Å². The fourth-order valence-electron chi connectivity index (χ4n) is 1.96. The van der Waals surface area contributed by atoms with E-state index in [0.717, 1.165) is 0 Å². The van der Waals surface area contributed by atoms with Gasteiger partial charge in [-0.15, -0.1) is 0 Å². The Morgan fingerprint density at radius 2 is 2.05 bits per heavy atom. The largest absolute Gasteiger partial charge is 0.381 e. The van der Waals surface area contributed by atoms with Crippen molar-refractivity contribution in [1.29, 1.82) is 5.26 Å². The summed E-state index contributed by atoms with van der Waals surface area (Å²) in [5.74, 6) is -0.348. The molecule has 1 aliphatic rings. The van der Waals surface area contributed by atoms with Crippen molar-refractivity contribution in [3.8, 4) is 6.07 Å². The van der Waals surface area contributed by atoms with Crippen LogP contribution in [0.15, 0.2) is 0 Å². The summed E-state index contributed by atoms with van der Waals surface area (Å²) < 4.78 is 29.2. The molecule has 1 amide bonds. The number of carbonyl (C=O) groups excluding carboxylic acids is 1. The average Bonchev–Trinajstić information content (AvgIpc) is 2.43. The molecule has 0 spiro atoms. The van der Waals surface area contributed by atoms with Gasteiger partial charge < -0.3 is 9.64 Å². The molecule has 0 N–H and O–H groups in total. The number of rotatable bonds is 6. The summed E-state index contributed by atoms with van der Waals surface area (Å²) in [5, 5.41) is 8.05. The summed E-state index contributed by atoms with van der Waals surface area (Å²) >= 11 is 0. The van der Waals surface area contributed by atoms with Gasteiger partial charge >= 0.3 is 0 Å². The van der Waals surface area contributed by atoms with Gasteiger partial charge in [0.25, 0.3) is 0 Å². The van der Waals surface area contributed by atoms with Crippen molar-refractivity contribution in [2.24, 2.45) is 0 Å². The zero-order valence-corrected chi connectivity index (χ0v) is 12.0. The molecular weight excluding hydrogens is 268 g/mol. The van der Waals surface area contributed by atoms with Crippen molar-refractivity contribution in [3.63, 3.8) is 0 Å². The Bertz CT molecular complexity index is 435. The second-order valence-electron chi connectivity index (χ2n) is 4.65. The van der Waals surface area contributed by atoms with E-state index in [9.17, 15) is 13.2 Å². The van der Waals surface area contributed by atoms with Crippen LogP contribution >= 0.6 is 0 Å². The molecule has 0 aromatic carbocycles. The van der Waals surface area contributed by atoms with E-state index in [1.807, 2.05) is 6.07 Å². The predicted molar refractivity (Wildman–Crippen MR) is 70.1 cm³/mol. The highest BCUT2D eigenvalue weighted by atomic mass is 32.2. The number of carbonyl (C=O) groups is 1. The van der Waals surface area contributed by atoms with Crippen LogP contribution in [0.4, 0.5) is 0 Å². The standard InChI is InChI=1S/C12H20N2O4S/c1-14(7-2-6-13)12(15)5-10-19(16,17)11-3-8-18-9-4-11/h11H,2-5,7-10H2,1H3. The molecule has 19 heavy (non-hydrogen) atoms. The van der Waals surface area contributed by atoms with E-state index < -0.39 is 9.84 Å². The van der Waals surface area contributed by atoms with Crippen LogP contribution in [0.3, 0.4) is 0 Å². The lowest BCUT2D eigenvalue weighted by Crippen LogP contribution is -2.34. The van der Waals surface area contributed by atoms with Crippen LogP contribution in [-0.2, 0) is 19.4 Å². The quantitative estimate of drug-likeness (QED) is 0.703. The van der Waals surface area contributed by atoms with Gasteiger partial charge in [-0.3, -0.25) is 4.79 Å². The normalized spacial score (nSPS) is 16.8. The molecule has 108 valence electrons. The van der Waals surface area contributed by atoms with Crippen molar-refractivity contribution >= 4 is 15.7 Å². The summed E-state index contributed by atoms with van der Waals surface area (Å²) in [6, 6.07) is 1.95. The molecule has 0 radical (unpaired) electrons. The van der Waals surface area contributed by atoms with Gasteiger partial charge in [0, 0.05) is 33.2 Å². The predicted octanol–water partition coefficient (Wildman–Crippen LogP) is 0.342.